The fraction of sp³-hybridized carbons (Fsp3) is 0.467. The molecule has 1 unspecified atom stereocenters. The van der Waals surface area contributed by atoms with Gasteiger partial charge >= 0.3 is 5.97 Å². The minimum Gasteiger partial charge on any atom is -0.481 e. The van der Waals surface area contributed by atoms with Crippen LogP contribution in [0.3, 0.4) is 0 Å². The maximum absolute atomic E-state index is 11.3. The number of fused-ring (bicyclic) bond motifs is 1. The predicted octanol–water partition coefficient (Wildman–Crippen LogP) is 2.86. The molecule has 0 spiro atoms. The van der Waals surface area contributed by atoms with E-state index in [1.807, 2.05) is 49.8 Å². The van der Waals surface area contributed by atoms with Gasteiger partial charge in [0.25, 0.3) is 0 Å². The molecular weight excluding hydrogens is 240 g/mol. The number of carboxylic acids is 1. The molecule has 2 rings (SSSR count). The van der Waals surface area contributed by atoms with E-state index < -0.39 is 5.97 Å². The molecule has 0 fully saturated rings. The zero-order valence-electron chi connectivity index (χ0n) is 11.6. The van der Waals surface area contributed by atoms with E-state index in [1.165, 1.54) is 0 Å². The molecule has 0 saturated carbocycles. The Morgan fingerprint density at radius 1 is 1.37 bits per heavy atom. The number of carboxylic acid groups (broad SMARTS) is 1. The van der Waals surface area contributed by atoms with Gasteiger partial charge in [-0.1, -0.05) is 32.0 Å². The van der Waals surface area contributed by atoms with E-state index in [9.17, 15) is 9.90 Å². The second kappa shape index (κ2) is 5.43. The number of aliphatic carboxylic acids is 1. The number of hydrogen-bond donors (Lipinski definition) is 1. The molecule has 0 bridgehead atoms. The summed E-state index contributed by atoms with van der Waals surface area (Å²) in [7, 11) is 1.89. The highest BCUT2D eigenvalue weighted by Crippen LogP contribution is 2.23. The van der Waals surface area contributed by atoms with Crippen molar-refractivity contribution < 1.29 is 9.90 Å². The normalized spacial score (nSPS) is 13.1. The van der Waals surface area contributed by atoms with Crippen molar-refractivity contribution in [2.24, 2.45) is 18.9 Å². The molecule has 1 heterocycles. The molecule has 2 aromatic rings. The average Bonchev–Trinajstić information content (AvgIpc) is 2.66. The number of para-hydroxylation sites is 1. The van der Waals surface area contributed by atoms with Crippen LogP contribution in [-0.4, -0.2) is 20.9 Å². The summed E-state index contributed by atoms with van der Waals surface area (Å²) < 4.78 is 1.82. The molecule has 1 aromatic heterocycles. The summed E-state index contributed by atoms with van der Waals surface area (Å²) in [5.41, 5.74) is 1.93. The lowest BCUT2D eigenvalue weighted by molar-refractivity contribution is -0.142. The molecular formula is C15H20N2O2. The monoisotopic (exact) mass is 260 g/mol. The highest BCUT2D eigenvalue weighted by atomic mass is 16.4. The Morgan fingerprint density at radius 2 is 2.05 bits per heavy atom. The van der Waals surface area contributed by atoms with Crippen molar-refractivity contribution in [2.45, 2.75) is 26.7 Å². The topological polar surface area (TPSA) is 55.1 Å². The first-order valence-corrected chi connectivity index (χ1v) is 6.62. The van der Waals surface area contributed by atoms with Gasteiger partial charge in [-0.2, -0.15) is 5.10 Å². The second-order valence-electron chi connectivity index (χ2n) is 5.46. The molecule has 0 amide bonds. The second-order valence-corrected chi connectivity index (χ2v) is 5.46. The Balaban J connectivity index is 2.31. The summed E-state index contributed by atoms with van der Waals surface area (Å²) in [6.07, 6.45) is 1.18. The fourth-order valence-electron chi connectivity index (χ4n) is 2.51. The predicted molar refractivity (Wildman–Crippen MR) is 75.0 cm³/mol. The van der Waals surface area contributed by atoms with Crippen LogP contribution in [0.15, 0.2) is 24.3 Å². The third kappa shape index (κ3) is 2.95. The minimum atomic E-state index is -0.733. The molecule has 4 heteroatoms. The van der Waals surface area contributed by atoms with Gasteiger partial charge in [-0.15, -0.1) is 0 Å². The summed E-state index contributed by atoms with van der Waals surface area (Å²) in [6.45, 7) is 4.10. The molecule has 0 aliphatic carbocycles. The van der Waals surface area contributed by atoms with Crippen molar-refractivity contribution in [2.75, 3.05) is 0 Å². The first-order valence-electron chi connectivity index (χ1n) is 6.62. The highest BCUT2D eigenvalue weighted by molar-refractivity contribution is 5.82. The third-order valence-electron chi connectivity index (χ3n) is 3.38. The van der Waals surface area contributed by atoms with Gasteiger partial charge in [0.05, 0.1) is 17.1 Å². The summed E-state index contributed by atoms with van der Waals surface area (Å²) in [4.78, 5) is 11.3. The van der Waals surface area contributed by atoms with Crippen molar-refractivity contribution in [3.05, 3.63) is 30.0 Å². The quantitative estimate of drug-likeness (QED) is 0.899. The lowest BCUT2D eigenvalue weighted by Crippen LogP contribution is -2.19. The van der Waals surface area contributed by atoms with Crippen molar-refractivity contribution in [3.63, 3.8) is 0 Å². The van der Waals surface area contributed by atoms with E-state index >= 15 is 0 Å². The number of aryl methyl sites for hydroxylation is 1. The van der Waals surface area contributed by atoms with Crippen LogP contribution in [0, 0.1) is 11.8 Å². The van der Waals surface area contributed by atoms with Crippen LogP contribution < -0.4 is 0 Å². The molecule has 0 radical (unpaired) electrons. The molecule has 1 N–H and O–H groups in total. The fourth-order valence-corrected chi connectivity index (χ4v) is 2.51. The van der Waals surface area contributed by atoms with Gasteiger partial charge in [-0.25, -0.2) is 0 Å². The van der Waals surface area contributed by atoms with Gasteiger partial charge in [0.1, 0.15) is 0 Å². The van der Waals surface area contributed by atoms with Crippen LogP contribution >= 0.6 is 0 Å². The maximum atomic E-state index is 11.3. The molecule has 4 nitrogen and oxygen atoms in total. The lowest BCUT2D eigenvalue weighted by atomic mass is 9.92. The number of hydrogen-bond acceptors (Lipinski definition) is 2. The Hall–Kier alpha value is -1.84. The highest BCUT2D eigenvalue weighted by Gasteiger charge is 2.22. The molecule has 102 valence electrons. The zero-order chi connectivity index (χ0) is 14.0. The van der Waals surface area contributed by atoms with Crippen LogP contribution in [0.4, 0.5) is 0 Å². The van der Waals surface area contributed by atoms with Gasteiger partial charge in [-0.05, 0) is 18.4 Å². The first-order chi connectivity index (χ1) is 8.99. The lowest BCUT2D eigenvalue weighted by Gasteiger charge is -2.13. The molecule has 0 saturated heterocycles. The minimum absolute atomic E-state index is 0.363. The summed E-state index contributed by atoms with van der Waals surface area (Å²) in [6, 6.07) is 7.94. The van der Waals surface area contributed by atoms with Crippen LogP contribution in [0.5, 0.6) is 0 Å². The maximum Gasteiger partial charge on any atom is 0.306 e. The summed E-state index contributed by atoms with van der Waals surface area (Å²) in [5.74, 6) is -0.724. The van der Waals surface area contributed by atoms with Gasteiger partial charge in [-0.3, -0.25) is 9.48 Å². The van der Waals surface area contributed by atoms with E-state index in [2.05, 4.69) is 5.10 Å². The van der Waals surface area contributed by atoms with Crippen molar-refractivity contribution in [3.8, 4) is 0 Å². The van der Waals surface area contributed by atoms with E-state index in [-0.39, 0.29) is 5.92 Å². The molecule has 19 heavy (non-hydrogen) atoms. The largest absolute Gasteiger partial charge is 0.481 e. The van der Waals surface area contributed by atoms with Gasteiger partial charge in [0, 0.05) is 18.9 Å². The van der Waals surface area contributed by atoms with E-state index in [1.54, 1.807) is 0 Å². The Bertz CT molecular complexity index is 587. The van der Waals surface area contributed by atoms with Crippen LogP contribution in [0.1, 0.15) is 26.0 Å². The van der Waals surface area contributed by atoms with E-state index in [0.29, 0.717) is 18.8 Å². The van der Waals surface area contributed by atoms with E-state index in [0.717, 1.165) is 16.6 Å². The number of rotatable bonds is 5. The van der Waals surface area contributed by atoms with Gasteiger partial charge < -0.3 is 5.11 Å². The molecule has 0 aliphatic rings. The molecule has 1 aromatic carbocycles. The number of nitrogens with zero attached hydrogens (tertiary/aromatic N) is 2. The summed E-state index contributed by atoms with van der Waals surface area (Å²) >= 11 is 0. The average molecular weight is 260 g/mol. The number of aromatic nitrogens is 2. The molecule has 1 atom stereocenters. The van der Waals surface area contributed by atoms with E-state index in [4.69, 9.17) is 0 Å². The van der Waals surface area contributed by atoms with Crippen molar-refractivity contribution in [1.29, 1.82) is 0 Å². The Morgan fingerprint density at radius 3 is 2.68 bits per heavy atom. The van der Waals surface area contributed by atoms with Crippen molar-refractivity contribution >= 4 is 16.9 Å². The Labute approximate surface area is 113 Å². The molecule has 0 aliphatic heterocycles. The van der Waals surface area contributed by atoms with Crippen LogP contribution in [0.25, 0.3) is 10.9 Å². The zero-order valence-corrected chi connectivity index (χ0v) is 11.6. The number of benzene rings is 1. The standard InChI is InChI=1S/C15H20N2O2/c1-10(2)8-11(15(18)19)9-13-12-6-4-5-7-14(12)17(3)16-13/h4-7,10-11H,8-9H2,1-3H3,(H,18,19). The SMILES string of the molecule is CC(C)CC(Cc1nn(C)c2ccccc12)C(=O)O. The third-order valence-corrected chi connectivity index (χ3v) is 3.38. The number of carbonyl (C=O) groups is 1. The first kappa shape index (κ1) is 13.6. The Kier molecular flexibility index (Phi) is 3.88. The smallest absolute Gasteiger partial charge is 0.306 e. The van der Waals surface area contributed by atoms with Crippen LogP contribution in [0.2, 0.25) is 0 Å². The van der Waals surface area contributed by atoms with Crippen LogP contribution in [-0.2, 0) is 18.3 Å². The van der Waals surface area contributed by atoms with Gasteiger partial charge in [0.2, 0.25) is 0 Å². The van der Waals surface area contributed by atoms with Gasteiger partial charge in [0.15, 0.2) is 0 Å². The summed E-state index contributed by atoms with van der Waals surface area (Å²) in [5, 5.41) is 14.9. The van der Waals surface area contributed by atoms with Crippen molar-refractivity contribution in [1.82, 2.24) is 9.78 Å².